The molecule has 4 heterocycles. The van der Waals surface area contributed by atoms with Crippen LogP contribution in [0.3, 0.4) is 0 Å². The van der Waals surface area contributed by atoms with Gasteiger partial charge in [-0.25, -0.2) is 9.97 Å². The van der Waals surface area contributed by atoms with Crippen LogP contribution in [0.2, 0.25) is 0 Å². The van der Waals surface area contributed by atoms with Crippen LogP contribution in [-0.4, -0.2) is 32.5 Å². The van der Waals surface area contributed by atoms with Gasteiger partial charge in [0.15, 0.2) is 0 Å². The molecule has 4 N–H and O–H groups in total. The molecule has 6 nitrogen and oxygen atoms in total. The summed E-state index contributed by atoms with van der Waals surface area (Å²) in [5.41, 5.74) is 13.2. The van der Waals surface area contributed by atoms with Crippen LogP contribution in [0.5, 0.6) is 0 Å². The number of fused-ring (bicyclic) bond motifs is 5. The number of hydrogen-bond donors (Lipinski definition) is 4. The van der Waals surface area contributed by atoms with E-state index in [9.17, 15) is 0 Å². The maximum Gasteiger partial charge on any atom is 0.124 e. The summed E-state index contributed by atoms with van der Waals surface area (Å²) in [6.45, 7) is 1.08. The maximum absolute atomic E-state index is 4.92. The number of benzene rings is 3. The lowest BCUT2D eigenvalue weighted by molar-refractivity contribution is 0.281. The molecular formula is C36H36N6. The average molecular weight is 553 g/mol. The smallest absolute Gasteiger partial charge is 0.124 e. The summed E-state index contributed by atoms with van der Waals surface area (Å²) < 4.78 is 0. The predicted octanol–water partition coefficient (Wildman–Crippen LogP) is 7.18. The standard InChI is InChI=1S/C36H36N6/c1-2-29(37-13-1)36-40-28-12-8-22(15-31(28)41-36)24-10-11-25(34-26-9-7-21(26)14-27(24)34)19-3-5-20(6-4-19)33-18-38-35(42-33)32-17-23-16-30(23)39-32/h3-6,8,10-12,15,18,21,23,26,29-30,32,37,39H,1-2,7,9,13-14,16-17H2,(H,38,42)(H,40,41)/t21?,23?,26?,29-,30?,32-/m0/s1. The highest BCUT2D eigenvalue weighted by molar-refractivity contribution is 5.86. The Morgan fingerprint density at radius 1 is 0.738 bits per heavy atom. The van der Waals surface area contributed by atoms with E-state index in [1.807, 2.05) is 6.20 Å². The zero-order valence-corrected chi connectivity index (χ0v) is 23.8. The van der Waals surface area contributed by atoms with Crippen molar-refractivity contribution in [3.05, 3.63) is 83.6 Å². The molecule has 6 heteroatoms. The van der Waals surface area contributed by atoms with E-state index < -0.39 is 0 Å². The molecule has 0 amide bonds. The Balaban J connectivity index is 0.980. The van der Waals surface area contributed by atoms with Gasteiger partial charge in [-0.05, 0) is 120 Å². The van der Waals surface area contributed by atoms with Crippen LogP contribution in [0.15, 0.2) is 60.8 Å². The molecule has 2 aromatic heterocycles. The van der Waals surface area contributed by atoms with Crippen LogP contribution in [-0.2, 0) is 6.42 Å². The highest BCUT2D eigenvalue weighted by atomic mass is 15.1. The Kier molecular flexibility index (Phi) is 5.03. The second-order valence-corrected chi connectivity index (χ2v) is 13.5. The van der Waals surface area contributed by atoms with Crippen molar-refractivity contribution in [3.8, 4) is 33.5 Å². The highest BCUT2D eigenvalue weighted by Gasteiger charge is 2.47. The van der Waals surface area contributed by atoms with E-state index >= 15 is 0 Å². The first kappa shape index (κ1) is 23.8. The van der Waals surface area contributed by atoms with Gasteiger partial charge in [-0.3, -0.25) is 0 Å². The minimum atomic E-state index is 0.358. The van der Waals surface area contributed by atoms with Gasteiger partial charge >= 0.3 is 0 Å². The number of imidazole rings is 2. The zero-order valence-electron chi connectivity index (χ0n) is 23.8. The number of nitrogens with one attached hydrogen (secondary N) is 4. The van der Waals surface area contributed by atoms with Crippen molar-refractivity contribution in [2.75, 3.05) is 6.54 Å². The molecule has 2 saturated carbocycles. The molecule has 4 unspecified atom stereocenters. The van der Waals surface area contributed by atoms with E-state index in [4.69, 9.17) is 9.97 Å². The van der Waals surface area contributed by atoms with Crippen molar-refractivity contribution in [2.24, 2.45) is 11.8 Å². The summed E-state index contributed by atoms with van der Waals surface area (Å²) in [4.78, 5) is 16.9. The summed E-state index contributed by atoms with van der Waals surface area (Å²) in [6.07, 6.45) is 10.8. The Hall–Kier alpha value is -3.74. The molecule has 0 bridgehead atoms. The van der Waals surface area contributed by atoms with Crippen molar-refractivity contribution in [1.29, 1.82) is 0 Å². The molecule has 42 heavy (non-hydrogen) atoms. The molecular weight excluding hydrogens is 516 g/mol. The molecule has 3 aliphatic carbocycles. The molecule has 2 aliphatic heterocycles. The predicted molar refractivity (Wildman–Crippen MR) is 166 cm³/mol. The fourth-order valence-corrected chi connectivity index (χ4v) is 8.59. The maximum atomic E-state index is 4.92. The number of rotatable bonds is 5. The fraction of sp³-hybridized carbons (Fsp3) is 0.389. The summed E-state index contributed by atoms with van der Waals surface area (Å²) in [5, 5.41) is 7.29. The normalized spacial score (nSPS) is 29.0. The van der Waals surface area contributed by atoms with Crippen LogP contribution in [0.1, 0.15) is 79.3 Å². The average Bonchev–Trinajstić information content (AvgIpc) is 3.65. The van der Waals surface area contributed by atoms with E-state index in [0.717, 1.165) is 59.2 Å². The van der Waals surface area contributed by atoms with Gasteiger partial charge in [0.1, 0.15) is 11.6 Å². The molecule has 2 saturated heterocycles. The highest BCUT2D eigenvalue weighted by Crippen LogP contribution is 2.56. The monoisotopic (exact) mass is 552 g/mol. The minimum Gasteiger partial charge on any atom is -0.341 e. The van der Waals surface area contributed by atoms with Crippen LogP contribution >= 0.6 is 0 Å². The lowest BCUT2D eigenvalue weighted by Gasteiger charge is -2.31. The molecule has 5 aliphatic rings. The Morgan fingerprint density at radius 3 is 2.43 bits per heavy atom. The number of H-pyrrole nitrogens is 2. The summed E-state index contributed by atoms with van der Waals surface area (Å²) in [6, 6.07) is 22.2. The molecule has 3 aromatic carbocycles. The van der Waals surface area contributed by atoms with Crippen LogP contribution in [0, 0.1) is 11.8 Å². The summed E-state index contributed by atoms with van der Waals surface area (Å²) >= 11 is 0. The molecule has 0 spiro atoms. The second kappa shape index (κ2) is 8.88. The van der Waals surface area contributed by atoms with Crippen molar-refractivity contribution in [2.45, 2.75) is 69.0 Å². The molecule has 10 rings (SSSR count). The van der Waals surface area contributed by atoms with Crippen molar-refractivity contribution < 1.29 is 0 Å². The molecule has 4 fully saturated rings. The van der Waals surface area contributed by atoms with Crippen molar-refractivity contribution >= 4 is 11.0 Å². The molecule has 6 atom stereocenters. The molecule has 5 aromatic rings. The van der Waals surface area contributed by atoms with Gasteiger partial charge in [-0.2, -0.15) is 0 Å². The number of aromatic amines is 2. The Morgan fingerprint density at radius 2 is 1.62 bits per heavy atom. The molecule has 0 radical (unpaired) electrons. The number of hydrogen-bond acceptors (Lipinski definition) is 4. The van der Waals surface area contributed by atoms with E-state index in [1.54, 1.807) is 11.1 Å². The van der Waals surface area contributed by atoms with Gasteiger partial charge in [0, 0.05) is 6.04 Å². The van der Waals surface area contributed by atoms with Gasteiger partial charge in [0.2, 0.25) is 0 Å². The third kappa shape index (κ3) is 3.64. The van der Waals surface area contributed by atoms with E-state index in [2.05, 4.69) is 75.2 Å². The van der Waals surface area contributed by atoms with Crippen molar-refractivity contribution in [3.63, 3.8) is 0 Å². The number of nitrogens with zero attached hydrogens (tertiary/aromatic N) is 2. The first-order valence-corrected chi connectivity index (χ1v) is 16.1. The lowest BCUT2D eigenvalue weighted by atomic mass is 9.73. The quantitative estimate of drug-likeness (QED) is 0.186. The van der Waals surface area contributed by atoms with Gasteiger partial charge in [0.05, 0.1) is 35.0 Å². The van der Waals surface area contributed by atoms with E-state index in [-0.39, 0.29) is 0 Å². The van der Waals surface area contributed by atoms with Gasteiger partial charge in [-0.1, -0.05) is 42.5 Å². The first-order valence-electron chi connectivity index (χ1n) is 16.1. The third-order valence-corrected chi connectivity index (χ3v) is 11.1. The van der Waals surface area contributed by atoms with Crippen LogP contribution in [0.25, 0.3) is 44.5 Å². The summed E-state index contributed by atoms with van der Waals surface area (Å²) in [5.74, 6) is 4.54. The topological polar surface area (TPSA) is 81.4 Å². The number of aromatic nitrogens is 4. The first-order chi connectivity index (χ1) is 20.7. The van der Waals surface area contributed by atoms with Crippen LogP contribution in [0.4, 0.5) is 0 Å². The Bertz CT molecular complexity index is 1830. The largest absolute Gasteiger partial charge is 0.341 e. The number of piperidine rings is 1. The summed E-state index contributed by atoms with van der Waals surface area (Å²) in [7, 11) is 0. The fourth-order valence-electron chi connectivity index (χ4n) is 8.59. The van der Waals surface area contributed by atoms with Crippen LogP contribution < -0.4 is 10.6 Å². The van der Waals surface area contributed by atoms with Crippen molar-refractivity contribution in [1.82, 2.24) is 30.6 Å². The molecule has 210 valence electrons. The second-order valence-electron chi connectivity index (χ2n) is 13.5. The third-order valence-electron chi connectivity index (χ3n) is 11.1. The van der Waals surface area contributed by atoms with Gasteiger partial charge in [0.25, 0.3) is 0 Å². The van der Waals surface area contributed by atoms with E-state index in [0.29, 0.717) is 18.0 Å². The zero-order chi connectivity index (χ0) is 27.4. The minimum absolute atomic E-state index is 0.358. The lowest BCUT2D eigenvalue weighted by Crippen LogP contribution is -2.19. The van der Waals surface area contributed by atoms with Gasteiger partial charge < -0.3 is 20.6 Å². The SMILES string of the molecule is c1cc(-c2ccc(-c3ccc4nc([C@@H]5CCCN5)[nH]c4c3)c3c2C2CCC2C3)ccc1-c1cnc([C@@H]2CC3CC3N2)[nH]1. The van der Waals surface area contributed by atoms with E-state index in [1.165, 1.54) is 66.3 Å². The van der Waals surface area contributed by atoms with Gasteiger partial charge in [-0.15, -0.1) is 0 Å². The Labute approximate surface area is 245 Å².